The molecule has 3 nitrogen and oxygen atoms in total. The predicted octanol–water partition coefficient (Wildman–Crippen LogP) is 1.47. The molecular weight excluding hydrogens is 200 g/mol. The molecule has 1 aliphatic rings. The molecule has 16 heavy (non-hydrogen) atoms. The Morgan fingerprint density at radius 3 is 2.75 bits per heavy atom. The first-order valence-corrected chi connectivity index (χ1v) is 6.71. The Kier molecular flexibility index (Phi) is 5.73. The highest BCUT2D eigenvalue weighted by Gasteiger charge is 2.24. The number of nitrogens with zero attached hydrogens (tertiary/aromatic N) is 1. The van der Waals surface area contributed by atoms with Gasteiger partial charge in [-0.15, -0.1) is 0 Å². The van der Waals surface area contributed by atoms with Crippen molar-refractivity contribution in [2.45, 2.75) is 46.1 Å². The average Bonchev–Trinajstić information content (AvgIpc) is 2.76. The summed E-state index contributed by atoms with van der Waals surface area (Å²) < 4.78 is 0. The third-order valence-electron chi connectivity index (χ3n) is 4.07. The Morgan fingerprint density at radius 1 is 1.44 bits per heavy atom. The first kappa shape index (κ1) is 13.9. The molecular formula is C13H28N2O. The van der Waals surface area contributed by atoms with E-state index >= 15 is 0 Å². The smallest absolute Gasteiger partial charge is 0.0496 e. The van der Waals surface area contributed by atoms with Gasteiger partial charge in [0.15, 0.2) is 0 Å². The zero-order chi connectivity index (χ0) is 12.0. The van der Waals surface area contributed by atoms with Crippen LogP contribution in [-0.2, 0) is 0 Å². The fraction of sp³-hybridized carbons (Fsp3) is 1.00. The van der Waals surface area contributed by atoms with Crippen molar-refractivity contribution in [1.82, 2.24) is 10.2 Å². The minimum absolute atomic E-state index is 0.0512. The molecule has 0 aromatic heterocycles. The summed E-state index contributed by atoms with van der Waals surface area (Å²) in [7, 11) is 0. The van der Waals surface area contributed by atoms with Crippen LogP contribution in [0.15, 0.2) is 0 Å². The van der Waals surface area contributed by atoms with Gasteiger partial charge in [-0.3, -0.25) is 4.90 Å². The summed E-state index contributed by atoms with van der Waals surface area (Å²) in [5.41, 5.74) is 0.0512. The number of likely N-dealkylation sites (N-methyl/N-ethyl adjacent to an activating group) is 1. The fourth-order valence-electron chi connectivity index (χ4n) is 2.38. The lowest BCUT2D eigenvalue weighted by Crippen LogP contribution is -2.42. The number of aliphatic hydroxyl groups is 1. The Balaban J connectivity index is 2.24. The fourth-order valence-corrected chi connectivity index (χ4v) is 2.38. The topological polar surface area (TPSA) is 35.5 Å². The van der Waals surface area contributed by atoms with Gasteiger partial charge in [-0.05, 0) is 32.4 Å². The number of nitrogens with one attached hydrogen (secondary N) is 1. The SMILES string of the molecule is CCN1CCCC1CNCC(C)(CC)CO. The predicted molar refractivity (Wildman–Crippen MR) is 68.6 cm³/mol. The minimum Gasteiger partial charge on any atom is -0.396 e. The van der Waals surface area contributed by atoms with Crippen LogP contribution in [0, 0.1) is 5.41 Å². The van der Waals surface area contributed by atoms with E-state index in [1.165, 1.54) is 19.4 Å². The van der Waals surface area contributed by atoms with Crippen molar-refractivity contribution in [3.8, 4) is 0 Å². The summed E-state index contributed by atoms with van der Waals surface area (Å²) in [4.78, 5) is 2.55. The van der Waals surface area contributed by atoms with Crippen LogP contribution < -0.4 is 5.32 Å². The lowest BCUT2D eigenvalue weighted by Gasteiger charge is -2.28. The number of likely N-dealkylation sites (tertiary alicyclic amines) is 1. The van der Waals surface area contributed by atoms with Gasteiger partial charge in [0.05, 0.1) is 0 Å². The van der Waals surface area contributed by atoms with Gasteiger partial charge in [0.1, 0.15) is 0 Å². The van der Waals surface area contributed by atoms with Crippen molar-refractivity contribution < 1.29 is 5.11 Å². The summed E-state index contributed by atoms with van der Waals surface area (Å²) in [6.45, 7) is 11.2. The first-order chi connectivity index (χ1) is 7.65. The quantitative estimate of drug-likeness (QED) is 0.692. The third-order valence-corrected chi connectivity index (χ3v) is 4.07. The normalized spacial score (nSPS) is 25.9. The highest BCUT2D eigenvalue weighted by Crippen LogP contribution is 2.19. The second-order valence-electron chi connectivity index (χ2n) is 5.38. The van der Waals surface area contributed by atoms with Crippen LogP contribution in [-0.4, -0.2) is 48.8 Å². The van der Waals surface area contributed by atoms with Crippen LogP contribution in [0.5, 0.6) is 0 Å². The van der Waals surface area contributed by atoms with Gasteiger partial charge in [-0.2, -0.15) is 0 Å². The third kappa shape index (κ3) is 3.72. The van der Waals surface area contributed by atoms with Crippen LogP contribution >= 0.6 is 0 Å². The van der Waals surface area contributed by atoms with E-state index in [1.807, 2.05) is 0 Å². The van der Waals surface area contributed by atoms with E-state index in [0.717, 1.165) is 26.1 Å². The van der Waals surface area contributed by atoms with Gasteiger partial charge < -0.3 is 10.4 Å². The molecule has 0 bridgehead atoms. The molecule has 1 fully saturated rings. The molecule has 0 amide bonds. The van der Waals surface area contributed by atoms with Gasteiger partial charge >= 0.3 is 0 Å². The van der Waals surface area contributed by atoms with Crippen molar-refractivity contribution in [2.24, 2.45) is 5.41 Å². The second-order valence-corrected chi connectivity index (χ2v) is 5.38. The van der Waals surface area contributed by atoms with Crippen LogP contribution in [0.3, 0.4) is 0 Å². The molecule has 1 rings (SSSR count). The summed E-state index contributed by atoms with van der Waals surface area (Å²) >= 11 is 0. The van der Waals surface area contributed by atoms with Crippen LogP contribution in [0.4, 0.5) is 0 Å². The Morgan fingerprint density at radius 2 is 2.19 bits per heavy atom. The van der Waals surface area contributed by atoms with Gasteiger partial charge in [0.25, 0.3) is 0 Å². The molecule has 0 saturated carbocycles. The molecule has 1 aliphatic heterocycles. The van der Waals surface area contributed by atoms with E-state index in [2.05, 4.69) is 31.0 Å². The molecule has 2 unspecified atom stereocenters. The van der Waals surface area contributed by atoms with Gasteiger partial charge in [-0.25, -0.2) is 0 Å². The molecule has 0 aromatic rings. The van der Waals surface area contributed by atoms with E-state index in [4.69, 9.17) is 0 Å². The number of hydrogen-bond donors (Lipinski definition) is 2. The maximum atomic E-state index is 9.32. The molecule has 0 aliphatic carbocycles. The van der Waals surface area contributed by atoms with E-state index < -0.39 is 0 Å². The van der Waals surface area contributed by atoms with Crippen molar-refractivity contribution in [1.29, 1.82) is 0 Å². The zero-order valence-electron chi connectivity index (χ0n) is 11.1. The molecule has 3 heteroatoms. The highest BCUT2D eigenvalue weighted by atomic mass is 16.3. The lowest BCUT2D eigenvalue weighted by atomic mass is 9.88. The van der Waals surface area contributed by atoms with E-state index in [-0.39, 0.29) is 12.0 Å². The maximum absolute atomic E-state index is 9.32. The minimum atomic E-state index is 0.0512. The van der Waals surface area contributed by atoms with Crippen LogP contribution in [0.25, 0.3) is 0 Å². The Bertz CT molecular complexity index is 192. The molecule has 0 spiro atoms. The van der Waals surface area contributed by atoms with Crippen LogP contribution in [0.1, 0.15) is 40.0 Å². The molecule has 0 aromatic carbocycles. The average molecular weight is 228 g/mol. The molecule has 2 atom stereocenters. The van der Waals surface area contributed by atoms with Gasteiger partial charge in [-0.1, -0.05) is 20.8 Å². The number of rotatable bonds is 7. The first-order valence-electron chi connectivity index (χ1n) is 6.71. The largest absolute Gasteiger partial charge is 0.396 e. The Labute approximate surface area is 100 Å². The monoisotopic (exact) mass is 228 g/mol. The maximum Gasteiger partial charge on any atom is 0.0496 e. The van der Waals surface area contributed by atoms with E-state index in [1.54, 1.807) is 0 Å². The summed E-state index contributed by atoms with van der Waals surface area (Å²) in [6.07, 6.45) is 3.69. The molecule has 1 saturated heterocycles. The van der Waals surface area contributed by atoms with E-state index in [0.29, 0.717) is 6.04 Å². The molecule has 96 valence electrons. The van der Waals surface area contributed by atoms with Crippen molar-refractivity contribution in [2.75, 3.05) is 32.8 Å². The van der Waals surface area contributed by atoms with Crippen LogP contribution in [0.2, 0.25) is 0 Å². The molecule has 0 radical (unpaired) electrons. The lowest BCUT2D eigenvalue weighted by molar-refractivity contribution is 0.132. The summed E-state index contributed by atoms with van der Waals surface area (Å²) in [5.74, 6) is 0. The standard InChI is InChI=1S/C13H28N2O/c1-4-13(3,11-16)10-14-9-12-7-6-8-15(12)5-2/h12,14,16H,4-11H2,1-3H3. The summed E-state index contributed by atoms with van der Waals surface area (Å²) in [5, 5.41) is 12.9. The number of hydrogen-bond acceptors (Lipinski definition) is 3. The molecule has 1 heterocycles. The van der Waals surface area contributed by atoms with Crippen molar-refractivity contribution in [3.63, 3.8) is 0 Å². The molecule has 2 N–H and O–H groups in total. The number of aliphatic hydroxyl groups excluding tert-OH is 1. The van der Waals surface area contributed by atoms with Crippen molar-refractivity contribution >= 4 is 0 Å². The van der Waals surface area contributed by atoms with Gasteiger partial charge in [0.2, 0.25) is 0 Å². The Hall–Kier alpha value is -0.120. The second kappa shape index (κ2) is 6.58. The van der Waals surface area contributed by atoms with E-state index in [9.17, 15) is 5.11 Å². The summed E-state index contributed by atoms with van der Waals surface area (Å²) in [6, 6.07) is 0.713. The van der Waals surface area contributed by atoms with Gasteiger partial charge in [0, 0.05) is 31.2 Å². The highest BCUT2D eigenvalue weighted by molar-refractivity contribution is 4.82. The van der Waals surface area contributed by atoms with Crippen molar-refractivity contribution in [3.05, 3.63) is 0 Å². The zero-order valence-corrected chi connectivity index (χ0v) is 11.1.